The van der Waals surface area contributed by atoms with Gasteiger partial charge in [0.25, 0.3) is 0 Å². The fourth-order valence-electron chi connectivity index (χ4n) is 2.92. The van der Waals surface area contributed by atoms with Crippen LogP contribution in [0.15, 0.2) is 36.7 Å². The second-order valence-electron chi connectivity index (χ2n) is 5.29. The lowest BCUT2D eigenvalue weighted by atomic mass is 9.99. The number of aromatic nitrogens is 1. The number of nitrogens with zero attached hydrogens (tertiary/aromatic N) is 2. The minimum atomic E-state index is 0.230. The van der Waals surface area contributed by atoms with Crippen LogP contribution < -0.4 is 5.73 Å². The highest BCUT2D eigenvalue weighted by molar-refractivity contribution is 5.85. The molecule has 0 spiro atoms. The van der Waals surface area contributed by atoms with Gasteiger partial charge >= 0.3 is 0 Å². The summed E-state index contributed by atoms with van der Waals surface area (Å²) in [6.07, 6.45) is 5.03. The Morgan fingerprint density at radius 1 is 1.20 bits per heavy atom. The van der Waals surface area contributed by atoms with E-state index in [0.717, 1.165) is 13.0 Å². The van der Waals surface area contributed by atoms with Crippen LogP contribution in [0.3, 0.4) is 0 Å². The van der Waals surface area contributed by atoms with E-state index in [1.165, 1.54) is 16.3 Å². The van der Waals surface area contributed by atoms with Gasteiger partial charge in [-0.2, -0.15) is 0 Å². The Bertz CT molecular complexity index is 547. The van der Waals surface area contributed by atoms with Gasteiger partial charge in [0.15, 0.2) is 0 Å². The molecular formula is C17H25N3. The number of fused-ring (bicyclic) bond motifs is 1. The highest BCUT2D eigenvalue weighted by atomic mass is 15.2. The summed E-state index contributed by atoms with van der Waals surface area (Å²) in [7, 11) is 0. The minimum Gasteiger partial charge on any atom is -0.329 e. The molecule has 2 aromatic rings. The molecule has 0 aliphatic heterocycles. The molecule has 1 aromatic heterocycles. The summed E-state index contributed by atoms with van der Waals surface area (Å²) < 4.78 is 0. The van der Waals surface area contributed by atoms with Gasteiger partial charge in [-0.1, -0.05) is 38.1 Å². The first-order valence-electron chi connectivity index (χ1n) is 7.51. The summed E-state index contributed by atoms with van der Waals surface area (Å²) in [4.78, 5) is 6.88. The Morgan fingerprint density at radius 3 is 2.60 bits per heavy atom. The van der Waals surface area contributed by atoms with Gasteiger partial charge in [-0.15, -0.1) is 0 Å². The van der Waals surface area contributed by atoms with E-state index in [0.29, 0.717) is 12.6 Å². The van der Waals surface area contributed by atoms with Crippen molar-refractivity contribution in [3.05, 3.63) is 42.2 Å². The Kier molecular flexibility index (Phi) is 5.10. The maximum absolute atomic E-state index is 6.10. The molecule has 0 saturated heterocycles. The van der Waals surface area contributed by atoms with E-state index >= 15 is 0 Å². The number of likely N-dealkylation sites (N-methyl/N-ethyl adjacent to an activating group) is 1. The van der Waals surface area contributed by atoms with Crippen molar-refractivity contribution >= 4 is 10.8 Å². The van der Waals surface area contributed by atoms with Crippen LogP contribution in [0.2, 0.25) is 0 Å². The van der Waals surface area contributed by atoms with Crippen LogP contribution in [-0.4, -0.2) is 29.0 Å². The van der Waals surface area contributed by atoms with Crippen LogP contribution in [0.1, 0.15) is 38.8 Å². The third-order valence-electron chi connectivity index (χ3n) is 4.20. The molecule has 0 bridgehead atoms. The minimum absolute atomic E-state index is 0.230. The zero-order valence-corrected chi connectivity index (χ0v) is 12.7. The van der Waals surface area contributed by atoms with Gasteiger partial charge in [0.2, 0.25) is 0 Å². The van der Waals surface area contributed by atoms with Gasteiger partial charge in [0.1, 0.15) is 0 Å². The van der Waals surface area contributed by atoms with Gasteiger partial charge < -0.3 is 5.73 Å². The summed E-state index contributed by atoms with van der Waals surface area (Å²) in [5, 5.41) is 2.45. The molecular weight excluding hydrogens is 246 g/mol. The van der Waals surface area contributed by atoms with Crippen molar-refractivity contribution < 1.29 is 0 Å². The third kappa shape index (κ3) is 2.84. The molecule has 3 heteroatoms. The summed E-state index contributed by atoms with van der Waals surface area (Å²) in [5.41, 5.74) is 7.34. The van der Waals surface area contributed by atoms with Crippen molar-refractivity contribution in [2.45, 2.75) is 39.3 Å². The fourth-order valence-corrected chi connectivity index (χ4v) is 2.92. The number of hydrogen-bond acceptors (Lipinski definition) is 3. The lowest BCUT2D eigenvalue weighted by molar-refractivity contribution is 0.152. The normalized spacial score (nSPS) is 14.7. The van der Waals surface area contributed by atoms with Crippen LogP contribution in [0, 0.1) is 0 Å². The standard InChI is InChI=1S/C17H25N3/c1-4-13(3)20(5-2)17(10-18)16-12-19-11-14-8-6-7-9-15(14)16/h6-9,11-13,17H,4-5,10,18H2,1-3H3. The summed E-state index contributed by atoms with van der Waals surface area (Å²) >= 11 is 0. The van der Waals surface area contributed by atoms with Crippen LogP contribution >= 0.6 is 0 Å². The molecule has 3 nitrogen and oxygen atoms in total. The lowest BCUT2D eigenvalue weighted by Gasteiger charge is -2.35. The highest BCUT2D eigenvalue weighted by Crippen LogP contribution is 2.28. The molecule has 2 unspecified atom stereocenters. The molecule has 0 amide bonds. The summed E-state index contributed by atoms with van der Waals surface area (Å²) in [5.74, 6) is 0. The zero-order chi connectivity index (χ0) is 14.5. The Balaban J connectivity index is 2.48. The van der Waals surface area contributed by atoms with Crippen LogP contribution in [0.5, 0.6) is 0 Å². The average Bonchev–Trinajstić information content (AvgIpc) is 2.51. The van der Waals surface area contributed by atoms with Gasteiger partial charge in [0.05, 0.1) is 0 Å². The monoisotopic (exact) mass is 271 g/mol. The van der Waals surface area contributed by atoms with E-state index in [-0.39, 0.29) is 6.04 Å². The second-order valence-corrected chi connectivity index (χ2v) is 5.29. The van der Waals surface area contributed by atoms with Crippen molar-refractivity contribution in [2.24, 2.45) is 5.73 Å². The van der Waals surface area contributed by atoms with Crippen LogP contribution in [0.4, 0.5) is 0 Å². The van der Waals surface area contributed by atoms with Gasteiger partial charge in [-0.3, -0.25) is 9.88 Å². The zero-order valence-electron chi connectivity index (χ0n) is 12.7. The summed E-state index contributed by atoms with van der Waals surface area (Å²) in [6.45, 7) is 8.31. The lowest BCUT2D eigenvalue weighted by Crippen LogP contribution is -2.39. The number of benzene rings is 1. The second kappa shape index (κ2) is 6.82. The van der Waals surface area contributed by atoms with Crippen molar-refractivity contribution in [1.82, 2.24) is 9.88 Å². The third-order valence-corrected chi connectivity index (χ3v) is 4.20. The van der Waals surface area contributed by atoms with Crippen LogP contribution in [-0.2, 0) is 0 Å². The average molecular weight is 271 g/mol. The predicted molar refractivity (Wildman–Crippen MR) is 85.7 cm³/mol. The molecule has 1 aromatic carbocycles. The van der Waals surface area contributed by atoms with E-state index in [9.17, 15) is 0 Å². The van der Waals surface area contributed by atoms with Gasteiger partial charge in [-0.05, 0) is 30.8 Å². The molecule has 108 valence electrons. The quantitative estimate of drug-likeness (QED) is 0.876. The number of pyridine rings is 1. The molecule has 0 aliphatic rings. The molecule has 2 N–H and O–H groups in total. The topological polar surface area (TPSA) is 42.1 Å². The first-order chi connectivity index (χ1) is 9.72. The molecule has 20 heavy (non-hydrogen) atoms. The largest absolute Gasteiger partial charge is 0.329 e. The molecule has 1 heterocycles. The number of hydrogen-bond donors (Lipinski definition) is 1. The van der Waals surface area contributed by atoms with E-state index in [1.807, 2.05) is 12.4 Å². The molecule has 0 radical (unpaired) electrons. The predicted octanol–water partition coefficient (Wildman–Crippen LogP) is 3.36. The Morgan fingerprint density at radius 2 is 1.95 bits per heavy atom. The maximum Gasteiger partial charge on any atom is 0.0494 e. The first-order valence-corrected chi connectivity index (χ1v) is 7.51. The molecule has 0 aliphatic carbocycles. The van der Waals surface area contributed by atoms with E-state index in [1.54, 1.807) is 0 Å². The Hall–Kier alpha value is -1.45. The van der Waals surface area contributed by atoms with E-state index < -0.39 is 0 Å². The number of nitrogens with two attached hydrogens (primary N) is 1. The summed E-state index contributed by atoms with van der Waals surface area (Å²) in [6, 6.07) is 9.16. The van der Waals surface area contributed by atoms with E-state index in [2.05, 4.69) is 54.9 Å². The molecule has 2 rings (SSSR count). The van der Waals surface area contributed by atoms with Crippen molar-refractivity contribution in [2.75, 3.05) is 13.1 Å². The van der Waals surface area contributed by atoms with Crippen molar-refractivity contribution in [1.29, 1.82) is 0 Å². The fraction of sp³-hybridized carbons (Fsp3) is 0.471. The molecule has 2 atom stereocenters. The van der Waals surface area contributed by atoms with Gasteiger partial charge in [-0.25, -0.2) is 0 Å². The van der Waals surface area contributed by atoms with Crippen molar-refractivity contribution in [3.63, 3.8) is 0 Å². The van der Waals surface area contributed by atoms with Gasteiger partial charge in [0, 0.05) is 36.4 Å². The molecule has 0 saturated carbocycles. The van der Waals surface area contributed by atoms with E-state index in [4.69, 9.17) is 5.73 Å². The smallest absolute Gasteiger partial charge is 0.0494 e. The molecule has 0 fully saturated rings. The Labute approximate surface area is 121 Å². The van der Waals surface area contributed by atoms with Crippen molar-refractivity contribution in [3.8, 4) is 0 Å². The SMILES string of the molecule is CCC(C)N(CC)C(CN)c1cncc2ccccc12. The maximum atomic E-state index is 6.10. The van der Waals surface area contributed by atoms with Crippen LogP contribution in [0.25, 0.3) is 10.8 Å². The number of rotatable bonds is 6. The first kappa shape index (κ1) is 14.9. The highest BCUT2D eigenvalue weighted by Gasteiger charge is 2.23.